The van der Waals surface area contributed by atoms with Crippen LogP contribution in [-0.2, 0) is 22.4 Å². The Bertz CT molecular complexity index is 861. The third-order valence-corrected chi connectivity index (χ3v) is 6.38. The van der Waals surface area contributed by atoms with Crippen molar-refractivity contribution in [2.45, 2.75) is 50.7 Å². The zero-order valence-corrected chi connectivity index (χ0v) is 17.2. The predicted molar refractivity (Wildman–Crippen MR) is 106 cm³/mol. The second-order valence-corrected chi connectivity index (χ2v) is 8.09. The number of hydrogen-bond donors (Lipinski definition) is 2. The SMILES string of the molecule is CCOC(=O)c1c(NC(=O)C(C)n2c(N)nnc2SC)sc2c1CCCC2. The number of nitrogen functional groups attached to an aromatic ring is 1. The monoisotopic (exact) mass is 409 g/mol. The Kier molecular flexibility index (Phi) is 6.05. The molecule has 0 radical (unpaired) electrons. The van der Waals surface area contributed by atoms with Crippen molar-refractivity contribution in [3.8, 4) is 0 Å². The van der Waals surface area contributed by atoms with E-state index < -0.39 is 6.04 Å². The molecule has 27 heavy (non-hydrogen) atoms. The second kappa shape index (κ2) is 8.30. The van der Waals surface area contributed by atoms with E-state index in [1.165, 1.54) is 23.1 Å². The molecule has 8 nitrogen and oxygen atoms in total. The Morgan fingerprint density at radius 3 is 2.81 bits per heavy atom. The largest absolute Gasteiger partial charge is 0.462 e. The van der Waals surface area contributed by atoms with Crippen molar-refractivity contribution >= 4 is 45.9 Å². The van der Waals surface area contributed by atoms with Gasteiger partial charge in [-0.1, -0.05) is 11.8 Å². The highest BCUT2D eigenvalue weighted by atomic mass is 32.2. The fraction of sp³-hybridized carbons (Fsp3) is 0.529. The summed E-state index contributed by atoms with van der Waals surface area (Å²) in [7, 11) is 0. The van der Waals surface area contributed by atoms with Gasteiger partial charge in [-0.3, -0.25) is 9.36 Å². The van der Waals surface area contributed by atoms with Crippen LogP contribution in [0.2, 0.25) is 0 Å². The van der Waals surface area contributed by atoms with E-state index in [9.17, 15) is 9.59 Å². The van der Waals surface area contributed by atoms with E-state index >= 15 is 0 Å². The van der Waals surface area contributed by atoms with Gasteiger partial charge in [-0.25, -0.2) is 4.79 Å². The Hall–Kier alpha value is -2.07. The zero-order valence-electron chi connectivity index (χ0n) is 15.6. The van der Waals surface area contributed by atoms with Crippen molar-refractivity contribution in [1.82, 2.24) is 14.8 Å². The summed E-state index contributed by atoms with van der Waals surface area (Å²) in [5.41, 5.74) is 7.38. The average Bonchev–Trinajstić information content (AvgIpc) is 3.20. The van der Waals surface area contributed by atoms with E-state index in [2.05, 4.69) is 15.5 Å². The minimum atomic E-state index is -0.614. The number of rotatable bonds is 6. The fourth-order valence-corrected chi connectivity index (χ4v) is 5.05. The third-order valence-electron chi connectivity index (χ3n) is 4.53. The van der Waals surface area contributed by atoms with Crippen molar-refractivity contribution in [2.75, 3.05) is 23.9 Å². The number of anilines is 2. The summed E-state index contributed by atoms with van der Waals surface area (Å²) in [5.74, 6) is -0.479. The standard InChI is InChI=1S/C17H23N5O3S2/c1-4-25-15(24)12-10-7-5-6-8-11(10)27-14(12)19-13(23)9(2)22-16(18)20-21-17(22)26-3/h9H,4-8H2,1-3H3,(H2,18,20)(H,19,23). The molecule has 3 N–H and O–H groups in total. The molecular formula is C17H23N5O3S2. The first-order chi connectivity index (χ1) is 13.0. The highest BCUT2D eigenvalue weighted by molar-refractivity contribution is 7.98. The lowest BCUT2D eigenvalue weighted by atomic mass is 9.95. The first-order valence-corrected chi connectivity index (χ1v) is 10.9. The quantitative estimate of drug-likeness (QED) is 0.557. The van der Waals surface area contributed by atoms with Crippen LogP contribution in [0.1, 0.15) is 53.5 Å². The number of carbonyl (C=O) groups is 2. The summed E-state index contributed by atoms with van der Waals surface area (Å²) < 4.78 is 6.81. The molecule has 3 rings (SSSR count). The van der Waals surface area contributed by atoms with Crippen LogP contribution in [0.25, 0.3) is 0 Å². The van der Waals surface area contributed by atoms with Crippen LogP contribution in [0.3, 0.4) is 0 Å². The topological polar surface area (TPSA) is 112 Å². The van der Waals surface area contributed by atoms with Crippen LogP contribution in [-0.4, -0.2) is 39.5 Å². The summed E-state index contributed by atoms with van der Waals surface area (Å²) in [6, 6.07) is -0.614. The lowest BCUT2D eigenvalue weighted by molar-refractivity contribution is -0.118. The summed E-state index contributed by atoms with van der Waals surface area (Å²) in [6.07, 6.45) is 5.73. The number of esters is 1. The maximum Gasteiger partial charge on any atom is 0.341 e. The van der Waals surface area contributed by atoms with E-state index in [-0.39, 0.29) is 17.8 Å². The average molecular weight is 410 g/mol. The van der Waals surface area contributed by atoms with E-state index in [4.69, 9.17) is 10.5 Å². The number of nitrogens with zero attached hydrogens (tertiary/aromatic N) is 3. The van der Waals surface area contributed by atoms with E-state index in [0.29, 0.717) is 22.3 Å². The Morgan fingerprint density at radius 2 is 2.11 bits per heavy atom. The predicted octanol–water partition coefficient (Wildman–Crippen LogP) is 2.90. The fourth-order valence-electron chi connectivity index (χ4n) is 3.20. The third kappa shape index (κ3) is 3.81. The first-order valence-electron chi connectivity index (χ1n) is 8.84. The molecule has 0 spiro atoms. The molecule has 0 aliphatic heterocycles. The Labute approximate surface area is 165 Å². The summed E-state index contributed by atoms with van der Waals surface area (Å²) >= 11 is 2.83. The van der Waals surface area contributed by atoms with Gasteiger partial charge in [0, 0.05) is 4.88 Å². The van der Waals surface area contributed by atoms with Gasteiger partial charge >= 0.3 is 5.97 Å². The molecule has 1 atom stereocenters. The summed E-state index contributed by atoms with van der Waals surface area (Å²) in [4.78, 5) is 26.6. The number of aryl methyl sites for hydroxylation is 1. The van der Waals surface area contributed by atoms with E-state index in [1.807, 2.05) is 6.26 Å². The Balaban J connectivity index is 1.90. The van der Waals surface area contributed by atoms with Gasteiger partial charge < -0.3 is 15.8 Å². The molecule has 146 valence electrons. The normalized spacial score (nSPS) is 14.5. The molecule has 10 heteroatoms. The highest BCUT2D eigenvalue weighted by Crippen LogP contribution is 2.39. The number of amides is 1. The molecule has 0 aromatic carbocycles. The molecule has 2 aromatic heterocycles. The van der Waals surface area contributed by atoms with E-state index in [1.54, 1.807) is 18.4 Å². The molecular weight excluding hydrogens is 386 g/mol. The molecule has 2 heterocycles. The Morgan fingerprint density at radius 1 is 1.37 bits per heavy atom. The van der Waals surface area contributed by atoms with Gasteiger partial charge in [0.25, 0.3) is 0 Å². The number of carbonyl (C=O) groups excluding carboxylic acids is 2. The first kappa shape index (κ1) is 19.7. The molecule has 0 saturated heterocycles. The van der Waals surface area contributed by atoms with Gasteiger partial charge in [-0.15, -0.1) is 21.5 Å². The molecule has 0 saturated carbocycles. The molecule has 1 amide bonds. The summed E-state index contributed by atoms with van der Waals surface area (Å²) in [6.45, 7) is 3.80. The summed E-state index contributed by atoms with van der Waals surface area (Å²) in [5, 5.41) is 11.8. The lowest BCUT2D eigenvalue weighted by Crippen LogP contribution is -2.25. The number of fused-ring (bicyclic) bond motifs is 1. The van der Waals surface area contributed by atoms with Gasteiger partial charge in [0.15, 0.2) is 5.16 Å². The minimum Gasteiger partial charge on any atom is -0.462 e. The van der Waals surface area contributed by atoms with Gasteiger partial charge in [-0.05, 0) is 51.3 Å². The van der Waals surface area contributed by atoms with Crippen LogP contribution in [0.5, 0.6) is 0 Å². The van der Waals surface area contributed by atoms with Gasteiger partial charge in [-0.2, -0.15) is 0 Å². The van der Waals surface area contributed by atoms with Crippen molar-refractivity contribution in [3.05, 3.63) is 16.0 Å². The number of hydrogen-bond acceptors (Lipinski definition) is 8. The number of nitrogens with two attached hydrogens (primary N) is 1. The van der Waals surface area contributed by atoms with Crippen molar-refractivity contribution in [3.63, 3.8) is 0 Å². The van der Waals surface area contributed by atoms with Crippen LogP contribution in [0.15, 0.2) is 5.16 Å². The maximum atomic E-state index is 12.9. The smallest absolute Gasteiger partial charge is 0.341 e. The molecule has 1 unspecified atom stereocenters. The number of aromatic nitrogens is 3. The van der Waals surface area contributed by atoms with Gasteiger partial charge in [0.1, 0.15) is 11.0 Å². The zero-order chi connectivity index (χ0) is 19.6. The molecule has 0 fully saturated rings. The van der Waals surface area contributed by atoms with Crippen LogP contribution < -0.4 is 11.1 Å². The van der Waals surface area contributed by atoms with E-state index in [0.717, 1.165) is 36.1 Å². The lowest BCUT2D eigenvalue weighted by Gasteiger charge is -2.16. The van der Waals surface area contributed by atoms with Crippen LogP contribution in [0, 0.1) is 0 Å². The van der Waals surface area contributed by atoms with Crippen molar-refractivity contribution in [2.24, 2.45) is 0 Å². The number of ether oxygens (including phenoxy) is 1. The minimum absolute atomic E-state index is 0.179. The number of thiophene rings is 1. The number of thioether (sulfide) groups is 1. The molecule has 0 bridgehead atoms. The van der Waals surface area contributed by atoms with Crippen LogP contribution in [0.4, 0.5) is 10.9 Å². The van der Waals surface area contributed by atoms with Gasteiger partial charge in [0.05, 0.1) is 12.2 Å². The highest BCUT2D eigenvalue weighted by Gasteiger charge is 2.29. The van der Waals surface area contributed by atoms with Crippen molar-refractivity contribution < 1.29 is 14.3 Å². The molecule has 1 aliphatic rings. The number of nitrogens with one attached hydrogen (secondary N) is 1. The molecule has 1 aliphatic carbocycles. The second-order valence-electron chi connectivity index (χ2n) is 6.22. The van der Waals surface area contributed by atoms with Crippen LogP contribution >= 0.6 is 23.1 Å². The molecule has 2 aromatic rings. The maximum absolute atomic E-state index is 12.9. The van der Waals surface area contributed by atoms with Crippen molar-refractivity contribution in [1.29, 1.82) is 0 Å². The van der Waals surface area contributed by atoms with Gasteiger partial charge in [0.2, 0.25) is 11.9 Å².